The van der Waals surface area contributed by atoms with Gasteiger partial charge in [-0.05, 0) is 109 Å². The molecule has 5 saturated carbocycles. The number of esters is 1. The first-order valence-corrected chi connectivity index (χ1v) is 13.4. The lowest BCUT2D eigenvalue weighted by Gasteiger charge is -2.61. The van der Waals surface area contributed by atoms with E-state index in [1.54, 1.807) is 0 Å². The standard InChI is InChI=1S/C25H37N3O3.C2H7N/c1-17-6-20(14-26)28(15-17)21(29)12-23-8-18-7-19(9-23)11-25(10-18,16-23)31-22(30)13-24(27-2)4-3-5-24;1-3-2/h17-20,27H,3-13,15-16H2,1-2H3;3H,1-2H3. The molecule has 4 bridgehead atoms. The normalized spacial score (nSPS) is 39.0. The summed E-state index contributed by atoms with van der Waals surface area (Å²) >= 11 is 0. The van der Waals surface area contributed by atoms with Gasteiger partial charge in [-0.2, -0.15) is 5.26 Å². The summed E-state index contributed by atoms with van der Waals surface area (Å²) in [6.07, 6.45) is 11.2. The van der Waals surface area contributed by atoms with E-state index in [1.807, 2.05) is 26.0 Å². The van der Waals surface area contributed by atoms with Crippen LogP contribution < -0.4 is 10.6 Å². The van der Waals surface area contributed by atoms with Crippen LogP contribution in [-0.2, 0) is 14.3 Å². The number of nitrogens with zero attached hydrogens (tertiary/aromatic N) is 2. The Morgan fingerprint density at radius 1 is 1.06 bits per heavy atom. The van der Waals surface area contributed by atoms with Gasteiger partial charge in [0.2, 0.25) is 5.91 Å². The fourth-order valence-corrected chi connectivity index (χ4v) is 8.23. The predicted octanol–water partition coefficient (Wildman–Crippen LogP) is 3.39. The molecular weight excluding hydrogens is 428 g/mol. The summed E-state index contributed by atoms with van der Waals surface area (Å²) in [5.74, 6) is 1.60. The summed E-state index contributed by atoms with van der Waals surface area (Å²) in [5, 5.41) is 15.6. The first-order chi connectivity index (χ1) is 16.2. The molecule has 6 rings (SSSR count). The molecule has 1 amide bonds. The van der Waals surface area contributed by atoms with Crippen LogP contribution in [0.2, 0.25) is 0 Å². The Labute approximate surface area is 205 Å². The Bertz CT molecular complexity index is 798. The molecule has 7 nitrogen and oxygen atoms in total. The van der Waals surface area contributed by atoms with Crippen molar-refractivity contribution in [3.63, 3.8) is 0 Å². The fraction of sp³-hybridized carbons (Fsp3) is 0.889. The van der Waals surface area contributed by atoms with E-state index in [0.29, 0.717) is 37.1 Å². The number of nitrogens with one attached hydrogen (secondary N) is 2. The van der Waals surface area contributed by atoms with E-state index in [9.17, 15) is 14.9 Å². The van der Waals surface area contributed by atoms with Crippen molar-refractivity contribution in [1.29, 1.82) is 5.26 Å². The van der Waals surface area contributed by atoms with E-state index in [1.165, 1.54) is 12.8 Å². The topological polar surface area (TPSA) is 94.5 Å². The minimum absolute atomic E-state index is 0.0511. The van der Waals surface area contributed by atoms with E-state index in [4.69, 9.17) is 4.74 Å². The van der Waals surface area contributed by atoms with Crippen LogP contribution in [0.5, 0.6) is 0 Å². The third-order valence-corrected chi connectivity index (χ3v) is 9.29. The quantitative estimate of drug-likeness (QED) is 0.576. The number of likely N-dealkylation sites (tertiary alicyclic amines) is 1. The molecule has 7 heteroatoms. The largest absolute Gasteiger partial charge is 0.459 e. The van der Waals surface area contributed by atoms with Crippen molar-refractivity contribution in [3.05, 3.63) is 0 Å². The number of rotatable bonds is 6. The van der Waals surface area contributed by atoms with Crippen LogP contribution in [0.4, 0.5) is 0 Å². The van der Waals surface area contributed by atoms with Crippen molar-refractivity contribution < 1.29 is 14.3 Å². The summed E-state index contributed by atoms with van der Waals surface area (Å²) in [7, 11) is 5.70. The molecule has 1 aliphatic heterocycles. The number of ether oxygens (including phenoxy) is 1. The number of hydrogen-bond donors (Lipinski definition) is 2. The maximum atomic E-state index is 13.3. The molecule has 0 aromatic rings. The maximum absolute atomic E-state index is 13.3. The molecule has 0 radical (unpaired) electrons. The molecule has 4 unspecified atom stereocenters. The number of carbonyl (C=O) groups is 2. The van der Waals surface area contributed by atoms with Gasteiger partial charge in [-0.15, -0.1) is 0 Å². The maximum Gasteiger partial charge on any atom is 0.308 e. The van der Waals surface area contributed by atoms with Gasteiger partial charge in [0, 0.05) is 18.5 Å². The van der Waals surface area contributed by atoms with Gasteiger partial charge in [0.1, 0.15) is 11.6 Å². The highest BCUT2D eigenvalue weighted by Gasteiger charge is 2.60. The number of hydrogen-bond acceptors (Lipinski definition) is 6. The summed E-state index contributed by atoms with van der Waals surface area (Å²) in [6, 6.07) is 2.06. The molecule has 5 aliphatic carbocycles. The summed E-state index contributed by atoms with van der Waals surface area (Å²) in [4.78, 5) is 28.1. The summed E-state index contributed by atoms with van der Waals surface area (Å²) in [5.41, 5.74) is -0.483. The van der Waals surface area contributed by atoms with Gasteiger partial charge in [-0.3, -0.25) is 9.59 Å². The monoisotopic (exact) mass is 472 g/mol. The SMILES string of the molecule is CNC.CNC1(CC(=O)OC23CC4CC(CC(CC(=O)N5CC(C)CC5C#N)(C4)C2)C3)CCC1. The van der Waals surface area contributed by atoms with Crippen molar-refractivity contribution in [2.45, 2.75) is 101 Å². The Hall–Kier alpha value is -1.65. The van der Waals surface area contributed by atoms with Crippen LogP contribution in [-0.4, -0.2) is 61.6 Å². The fourth-order valence-electron chi connectivity index (χ4n) is 8.23. The number of carbonyl (C=O) groups excluding carboxylic acids is 2. The smallest absolute Gasteiger partial charge is 0.308 e. The Morgan fingerprint density at radius 3 is 2.24 bits per heavy atom. The van der Waals surface area contributed by atoms with Crippen LogP contribution in [0.15, 0.2) is 0 Å². The lowest BCUT2D eigenvalue weighted by atomic mass is 9.47. The second kappa shape index (κ2) is 9.78. The number of amides is 1. The van der Waals surface area contributed by atoms with Crippen molar-refractivity contribution in [3.8, 4) is 6.07 Å². The van der Waals surface area contributed by atoms with Crippen LogP contribution in [0, 0.1) is 34.5 Å². The van der Waals surface area contributed by atoms with Gasteiger partial charge in [0.05, 0.1) is 12.5 Å². The average molecular weight is 473 g/mol. The van der Waals surface area contributed by atoms with Crippen LogP contribution in [0.3, 0.4) is 0 Å². The van der Waals surface area contributed by atoms with E-state index in [0.717, 1.165) is 51.4 Å². The average Bonchev–Trinajstić information content (AvgIpc) is 3.10. The van der Waals surface area contributed by atoms with Crippen molar-refractivity contribution >= 4 is 11.9 Å². The molecule has 0 aromatic carbocycles. The highest BCUT2D eigenvalue weighted by Crippen LogP contribution is 2.64. The van der Waals surface area contributed by atoms with Crippen molar-refractivity contribution in [1.82, 2.24) is 15.5 Å². The molecular formula is C27H44N4O3. The van der Waals surface area contributed by atoms with Crippen LogP contribution in [0.25, 0.3) is 0 Å². The second-order valence-corrected chi connectivity index (χ2v) is 12.4. The lowest BCUT2D eigenvalue weighted by Crippen LogP contribution is -2.59. The Kier molecular flexibility index (Phi) is 7.32. The minimum Gasteiger partial charge on any atom is -0.459 e. The summed E-state index contributed by atoms with van der Waals surface area (Å²) in [6.45, 7) is 2.82. The molecule has 1 saturated heterocycles. The first kappa shape index (κ1) is 25.4. The van der Waals surface area contributed by atoms with Crippen molar-refractivity contribution in [2.24, 2.45) is 23.2 Å². The van der Waals surface area contributed by atoms with Crippen LogP contribution in [0.1, 0.15) is 84.0 Å². The van der Waals surface area contributed by atoms with Crippen molar-refractivity contribution in [2.75, 3.05) is 27.7 Å². The van der Waals surface area contributed by atoms with E-state index < -0.39 is 0 Å². The van der Waals surface area contributed by atoms with Gasteiger partial charge in [-0.1, -0.05) is 6.92 Å². The summed E-state index contributed by atoms with van der Waals surface area (Å²) < 4.78 is 6.32. The predicted molar refractivity (Wildman–Crippen MR) is 131 cm³/mol. The van der Waals surface area contributed by atoms with E-state index in [-0.39, 0.29) is 34.5 Å². The highest BCUT2D eigenvalue weighted by atomic mass is 16.6. The lowest BCUT2D eigenvalue weighted by molar-refractivity contribution is -0.205. The molecule has 4 atom stereocenters. The molecule has 6 fully saturated rings. The minimum atomic E-state index is -0.368. The molecule has 6 aliphatic rings. The van der Waals surface area contributed by atoms with E-state index in [2.05, 4.69) is 23.6 Å². The Balaban J connectivity index is 0.000000868. The third-order valence-electron chi connectivity index (χ3n) is 9.29. The molecule has 1 heterocycles. The van der Waals surface area contributed by atoms with E-state index >= 15 is 0 Å². The zero-order valence-corrected chi connectivity index (χ0v) is 21.6. The highest BCUT2D eigenvalue weighted by molar-refractivity contribution is 5.78. The Morgan fingerprint density at radius 2 is 1.71 bits per heavy atom. The molecule has 190 valence electrons. The zero-order valence-electron chi connectivity index (χ0n) is 21.6. The van der Waals surface area contributed by atoms with Crippen LogP contribution >= 0.6 is 0 Å². The first-order valence-electron chi connectivity index (χ1n) is 13.4. The molecule has 0 spiro atoms. The van der Waals surface area contributed by atoms with Gasteiger partial charge < -0.3 is 20.3 Å². The molecule has 0 aromatic heterocycles. The molecule has 2 N–H and O–H groups in total. The van der Waals surface area contributed by atoms with Gasteiger partial charge in [0.15, 0.2) is 0 Å². The molecule has 34 heavy (non-hydrogen) atoms. The third kappa shape index (κ3) is 4.99. The zero-order chi connectivity index (χ0) is 24.6. The second-order valence-electron chi connectivity index (χ2n) is 12.4. The van der Waals surface area contributed by atoms with Gasteiger partial charge in [0.25, 0.3) is 0 Å². The van der Waals surface area contributed by atoms with Gasteiger partial charge >= 0.3 is 5.97 Å². The number of nitriles is 1. The van der Waals surface area contributed by atoms with Gasteiger partial charge in [-0.25, -0.2) is 0 Å².